The number of rotatable bonds is 2. The van der Waals surface area contributed by atoms with Gasteiger partial charge in [0.2, 0.25) is 0 Å². The van der Waals surface area contributed by atoms with Gasteiger partial charge in [0, 0.05) is 6.54 Å². The van der Waals surface area contributed by atoms with Crippen molar-refractivity contribution < 1.29 is 30.0 Å². The number of ether oxygens (including phenoxy) is 1. The third-order valence-electron chi connectivity index (χ3n) is 2.19. The van der Waals surface area contributed by atoms with E-state index >= 15 is 0 Å². The molecule has 1 aliphatic heterocycles. The summed E-state index contributed by atoms with van der Waals surface area (Å²) in [4.78, 5) is 10.6. The lowest BCUT2D eigenvalue weighted by Crippen LogP contribution is -2.61. The summed E-state index contributed by atoms with van der Waals surface area (Å²) in [7, 11) is 0. The maximum atomic E-state index is 10.6. The van der Waals surface area contributed by atoms with E-state index in [0.717, 1.165) is 0 Å². The maximum absolute atomic E-state index is 10.6. The van der Waals surface area contributed by atoms with Gasteiger partial charge in [0.1, 0.15) is 18.3 Å². The number of carbonyl (C=O) groups is 1. The van der Waals surface area contributed by atoms with Crippen molar-refractivity contribution in [2.45, 2.75) is 30.5 Å². The lowest BCUT2D eigenvalue weighted by atomic mass is 9.95. The van der Waals surface area contributed by atoms with Crippen LogP contribution in [0.25, 0.3) is 0 Å². The molecule has 0 aliphatic carbocycles. The van der Waals surface area contributed by atoms with Gasteiger partial charge in [-0.15, -0.1) is 0 Å². The van der Waals surface area contributed by atoms with Gasteiger partial charge < -0.3 is 30.9 Å². The van der Waals surface area contributed by atoms with Crippen molar-refractivity contribution in [1.29, 1.82) is 0 Å². The molecule has 0 aromatic rings. The van der Waals surface area contributed by atoms with E-state index in [1.54, 1.807) is 0 Å². The number of hydrogen-bond donors (Lipinski definition) is 5. The predicted molar refractivity (Wildman–Crippen MR) is 43.4 cm³/mol. The normalized spacial score (nSPS) is 43.6. The molecule has 0 bridgehead atoms. The SMILES string of the molecule is NC[C@H]1OC(C(=O)O)C(O)C(O)C1O. The van der Waals surface area contributed by atoms with Gasteiger partial charge in [-0.3, -0.25) is 0 Å². The number of nitrogens with two attached hydrogens (primary N) is 1. The Morgan fingerprint density at radius 1 is 1.21 bits per heavy atom. The van der Waals surface area contributed by atoms with E-state index in [2.05, 4.69) is 0 Å². The molecule has 4 unspecified atom stereocenters. The van der Waals surface area contributed by atoms with E-state index in [1.807, 2.05) is 0 Å². The summed E-state index contributed by atoms with van der Waals surface area (Å²) in [6.07, 6.45) is -7.11. The average molecular weight is 207 g/mol. The Labute approximate surface area is 79.7 Å². The molecule has 5 atom stereocenters. The van der Waals surface area contributed by atoms with Gasteiger partial charge in [0.05, 0.1) is 6.10 Å². The molecule has 0 aromatic heterocycles. The molecule has 0 aromatic carbocycles. The third kappa shape index (κ3) is 1.86. The fourth-order valence-corrected chi connectivity index (χ4v) is 1.35. The van der Waals surface area contributed by atoms with Crippen LogP contribution in [0.3, 0.4) is 0 Å². The van der Waals surface area contributed by atoms with Crippen LogP contribution in [-0.4, -0.2) is 63.5 Å². The zero-order valence-corrected chi connectivity index (χ0v) is 7.28. The molecule has 0 saturated carbocycles. The van der Waals surface area contributed by atoms with Crippen LogP contribution in [0.2, 0.25) is 0 Å². The first-order valence-corrected chi connectivity index (χ1v) is 4.11. The number of carboxylic acids is 1. The van der Waals surface area contributed by atoms with E-state index in [-0.39, 0.29) is 6.54 Å². The second kappa shape index (κ2) is 4.20. The molecule has 1 saturated heterocycles. The molecule has 6 N–H and O–H groups in total. The fourth-order valence-electron chi connectivity index (χ4n) is 1.35. The summed E-state index contributed by atoms with van der Waals surface area (Å²) in [6.45, 7) is -0.130. The van der Waals surface area contributed by atoms with Crippen LogP contribution in [0.1, 0.15) is 0 Å². The second-order valence-corrected chi connectivity index (χ2v) is 3.14. The van der Waals surface area contributed by atoms with Gasteiger partial charge in [-0.05, 0) is 0 Å². The molecular weight excluding hydrogens is 194 g/mol. The minimum absolute atomic E-state index is 0.130. The van der Waals surface area contributed by atoms with Gasteiger partial charge in [-0.25, -0.2) is 4.79 Å². The zero-order chi connectivity index (χ0) is 10.9. The van der Waals surface area contributed by atoms with Crippen molar-refractivity contribution in [3.63, 3.8) is 0 Å². The lowest BCUT2D eigenvalue weighted by Gasteiger charge is -2.38. The predicted octanol–water partition coefficient (Wildman–Crippen LogP) is -3.12. The standard InChI is InChI=1S/C7H13NO6/c8-1-2-3(9)4(10)5(11)6(14-2)7(12)13/h2-6,9-11H,1,8H2,(H,12,13)/t2-,3?,4?,5?,6?/m1/s1. The summed E-state index contributed by atoms with van der Waals surface area (Å²) >= 11 is 0. The quantitative estimate of drug-likeness (QED) is 0.323. The Bertz CT molecular complexity index is 220. The average Bonchev–Trinajstić information content (AvgIpc) is 2.14. The minimum atomic E-state index is -1.65. The number of aliphatic hydroxyl groups is 3. The zero-order valence-electron chi connectivity index (χ0n) is 7.28. The highest BCUT2D eigenvalue weighted by atomic mass is 16.6. The monoisotopic (exact) mass is 207 g/mol. The van der Waals surface area contributed by atoms with Crippen LogP contribution >= 0.6 is 0 Å². The van der Waals surface area contributed by atoms with Crippen LogP contribution in [-0.2, 0) is 9.53 Å². The van der Waals surface area contributed by atoms with Gasteiger partial charge in [-0.1, -0.05) is 0 Å². The summed E-state index contributed by atoms with van der Waals surface area (Å²) in [6, 6.07) is 0. The first-order chi connectivity index (χ1) is 6.49. The molecule has 14 heavy (non-hydrogen) atoms. The van der Waals surface area contributed by atoms with Gasteiger partial charge in [0.15, 0.2) is 6.10 Å². The molecular formula is C7H13NO6. The van der Waals surface area contributed by atoms with Crippen molar-refractivity contribution in [2.24, 2.45) is 5.73 Å². The molecule has 1 rings (SSSR count). The van der Waals surface area contributed by atoms with Crippen LogP contribution < -0.4 is 5.73 Å². The third-order valence-corrected chi connectivity index (χ3v) is 2.19. The largest absolute Gasteiger partial charge is 0.479 e. The first-order valence-electron chi connectivity index (χ1n) is 4.11. The molecule has 0 radical (unpaired) electrons. The Hall–Kier alpha value is -0.730. The Morgan fingerprint density at radius 3 is 2.21 bits per heavy atom. The Balaban J connectivity index is 2.78. The summed E-state index contributed by atoms with van der Waals surface area (Å²) in [5, 5.41) is 36.4. The summed E-state index contributed by atoms with van der Waals surface area (Å²) in [5.41, 5.74) is 5.19. The van der Waals surface area contributed by atoms with Gasteiger partial charge in [0.25, 0.3) is 0 Å². The minimum Gasteiger partial charge on any atom is -0.479 e. The molecule has 7 nitrogen and oxygen atoms in total. The Kier molecular flexibility index (Phi) is 3.40. The van der Waals surface area contributed by atoms with Crippen molar-refractivity contribution in [3.8, 4) is 0 Å². The summed E-state index contributed by atoms with van der Waals surface area (Å²) < 4.78 is 4.81. The fraction of sp³-hybridized carbons (Fsp3) is 0.857. The number of aliphatic hydroxyl groups excluding tert-OH is 3. The summed E-state index contributed by atoms with van der Waals surface area (Å²) in [5.74, 6) is -1.40. The van der Waals surface area contributed by atoms with E-state index in [9.17, 15) is 20.1 Å². The van der Waals surface area contributed by atoms with Gasteiger partial charge in [-0.2, -0.15) is 0 Å². The molecule has 1 fully saturated rings. The smallest absolute Gasteiger partial charge is 0.335 e. The van der Waals surface area contributed by atoms with E-state index < -0.39 is 36.5 Å². The van der Waals surface area contributed by atoms with Crippen molar-refractivity contribution >= 4 is 5.97 Å². The number of aliphatic carboxylic acids is 1. The highest BCUT2D eigenvalue weighted by Gasteiger charge is 2.46. The molecule has 0 amide bonds. The van der Waals surface area contributed by atoms with E-state index in [4.69, 9.17) is 15.6 Å². The Morgan fingerprint density at radius 2 is 1.79 bits per heavy atom. The van der Waals surface area contributed by atoms with Gasteiger partial charge >= 0.3 is 5.97 Å². The topological polar surface area (TPSA) is 133 Å². The molecule has 7 heteroatoms. The molecule has 1 heterocycles. The number of hydrogen-bond acceptors (Lipinski definition) is 6. The highest BCUT2D eigenvalue weighted by Crippen LogP contribution is 2.20. The van der Waals surface area contributed by atoms with Crippen LogP contribution in [0, 0.1) is 0 Å². The lowest BCUT2D eigenvalue weighted by molar-refractivity contribution is -0.225. The first kappa shape index (κ1) is 11.3. The van der Waals surface area contributed by atoms with Crippen molar-refractivity contribution in [1.82, 2.24) is 0 Å². The molecule has 0 spiro atoms. The second-order valence-electron chi connectivity index (χ2n) is 3.14. The van der Waals surface area contributed by atoms with Crippen molar-refractivity contribution in [2.75, 3.05) is 6.54 Å². The number of carboxylic acid groups (broad SMARTS) is 1. The van der Waals surface area contributed by atoms with Crippen LogP contribution in [0.15, 0.2) is 0 Å². The van der Waals surface area contributed by atoms with Crippen LogP contribution in [0.4, 0.5) is 0 Å². The van der Waals surface area contributed by atoms with E-state index in [0.29, 0.717) is 0 Å². The highest BCUT2D eigenvalue weighted by molar-refractivity contribution is 5.73. The molecule has 1 aliphatic rings. The van der Waals surface area contributed by atoms with Crippen molar-refractivity contribution in [3.05, 3.63) is 0 Å². The van der Waals surface area contributed by atoms with Crippen LogP contribution in [0.5, 0.6) is 0 Å². The molecule has 82 valence electrons. The van der Waals surface area contributed by atoms with E-state index in [1.165, 1.54) is 0 Å². The maximum Gasteiger partial charge on any atom is 0.335 e.